The molecule has 0 heterocycles. The fourth-order valence-electron chi connectivity index (χ4n) is 1.29. The average molecular weight is 297 g/mol. The van der Waals surface area contributed by atoms with Crippen LogP contribution in [0.1, 0.15) is 19.8 Å². The first-order valence-corrected chi connectivity index (χ1v) is 7.08. The van der Waals surface area contributed by atoms with Crippen LogP contribution in [-0.2, 0) is 10.0 Å². The summed E-state index contributed by atoms with van der Waals surface area (Å²) in [6.07, 6.45) is -3.27. The van der Waals surface area contributed by atoms with E-state index in [9.17, 15) is 21.6 Å². The number of sulfonamides is 1. The van der Waals surface area contributed by atoms with Crippen molar-refractivity contribution in [3.8, 4) is 5.75 Å². The Balaban J connectivity index is 2.75. The van der Waals surface area contributed by atoms with E-state index in [0.717, 1.165) is 30.7 Å². The van der Waals surface area contributed by atoms with Gasteiger partial charge in [0.25, 0.3) is 0 Å². The minimum Gasteiger partial charge on any atom is -0.406 e. The maximum Gasteiger partial charge on any atom is 0.573 e. The molecular weight excluding hydrogens is 283 g/mol. The van der Waals surface area contributed by atoms with Crippen LogP contribution in [0.25, 0.3) is 0 Å². The standard InChI is InChI=1S/C11H14F3NO3S/c1-2-3-8-15-19(16,17)10-6-4-9(5-7-10)18-11(12,13)14/h4-7,15H,2-3,8H2,1H3. The Bertz CT molecular complexity index is 497. The number of benzene rings is 1. The molecule has 108 valence electrons. The lowest BCUT2D eigenvalue weighted by Gasteiger charge is -2.10. The predicted molar refractivity (Wildman–Crippen MR) is 63.2 cm³/mol. The molecule has 0 aliphatic carbocycles. The van der Waals surface area contributed by atoms with Gasteiger partial charge in [0.15, 0.2) is 0 Å². The third-order valence-corrected chi connectivity index (χ3v) is 3.67. The molecular formula is C11H14F3NO3S. The minimum atomic E-state index is -4.79. The summed E-state index contributed by atoms with van der Waals surface area (Å²) >= 11 is 0. The molecule has 0 saturated heterocycles. The van der Waals surface area contributed by atoms with Crippen molar-refractivity contribution in [3.63, 3.8) is 0 Å². The molecule has 0 atom stereocenters. The second-order valence-electron chi connectivity index (χ2n) is 3.77. The molecule has 0 amide bonds. The van der Waals surface area contributed by atoms with Gasteiger partial charge in [-0.25, -0.2) is 13.1 Å². The number of alkyl halides is 3. The van der Waals surface area contributed by atoms with E-state index in [1.54, 1.807) is 0 Å². The molecule has 0 spiro atoms. The zero-order valence-corrected chi connectivity index (χ0v) is 11.0. The van der Waals surface area contributed by atoms with Crippen molar-refractivity contribution in [1.29, 1.82) is 0 Å². The Morgan fingerprint density at radius 2 is 1.79 bits per heavy atom. The zero-order chi connectivity index (χ0) is 14.5. The van der Waals surface area contributed by atoms with Gasteiger partial charge in [0.2, 0.25) is 10.0 Å². The molecule has 4 nitrogen and oxygen atoms in total. The van der Waals surface area contributed by atoms with E-state index < -0.39 is 22.1 Å². The van der Waals surface area contributed by atoms with Crippen molar-refractivity contribution in [1.82, 2.24) is 4.72 Å². The molecule has 0 aliphatic heterocycles. The second kappa shape index (κ2) is 6.25. The summed E-state index contributed by atoms with van der Waals surface area (Å²) in [5.74, 6) is -0.458. The summed E-state index contributed by atoms with van der Waals surface area (Å²) in [4.78, 5) is -0.0990. The van der Waals surface area contributed by atoms with Crippen LogP contribution in [0.4, 0.5) is 13.2 Å². The maximum atomic E-state index is 11.9. The Kier molecular flexibility index (Phi) is 5.19. The van der Waals surface area contributed by atoms with Crippen molar-refractivity contribution in [3.05, 3.63) is 24.3 Å². The van der Waals surface area contributed by atoms with Crippen LogP contribution >= 0.6 is 0 Å². The van der Waals surface area contributed by atoms with Crippen molar-refractivity contribution in [2.75, 3.05) is 6.54 Å². The van der Waals surface area contributed by atoms with Crippen LogP contribution < -0.4 is 9.46 Å². The second-order valence-corrected chi connectivity index (χ2v) is 5.54. The zero-order valence-electron chi connectivity index (χ0n) is 10.2. The Labute approximate surface area is 109 Å². The van der Waals surface area contributed by atoms with E-state index in [-0.39, 0.29) is 4.90 Å². The number of hydrogen-bond acceptors (Lipinski definition) is 3. The first-order chi connectivity index (χ1) is 8.74. The molecule has 1 aromatic rings. The monoisotopic (exact) mass is 297 g/mol. The van der Waals surface area contributed by atoms with E-state index in [0.29, 0.717) is 13.0 Å². The normalized spacial score (nSPS) is 12.4. The Hall–Kier alpha value is -1.28. The first-order valence-electron chi connectivity index (χ1n) is 5.60. The molecule has 0 saturated carbocycles. The SMILES string of the molecule is CCCCNS(=O)(=O)c1ccc(OC(F)(F)F)cc1. The van der Waals surface area contributed by atoms with Gasteiger partial charge in [-0.3, -0.25) is 0 Å². The van der Waals surface area contributed by atoms with Crippen LogP contribution in [0.3, 0.4) is 0 Å². The van der Waals surface area contributed by atoms with Crippen molar-refractivity contribution < 1.29 is 26.3 Å². The van der Waals surface area contributed by atoms with E-state index in [1.807, 2.05) is 6.92 Å². The predicted octanol–water partition coefficient (Wildman–Crippen LogP) is 2.66. The van der Waals surface area contributed by atoms with Crippen molar-refractivity contribution >= 4 is 10.0 Å². The topological polar surface area (TPSA) is 55.4 Å². The molecule has 1 N–H and O–H groups in total. The summed E-state index contributed by atoms with van der Waals surface area (Å²) < 4.78 is 65.3. The van der Waals surface area contributed by atoms with Crippen LogP contribution in [0, 0.1) is 0 Å². The highest BCUT2D eigenvalue weighted by atomic mass is 32.2. The molecule has 0 aromatic heterocycles. The van der Waals surface area contributed by atoms with Gasteiger partial charge < -0.3 is 4.74 Å². The first kappa shape index (κ1) is 15.8. The fraction of sp³-hybridized carbons (Fsp3) is 0.455. The van der Waals surface area contributed by atoms with Crippen molar-refractivity contribution in [2.45, 2.75) is 31.0 Å². The number of unbranched alkanes of at least 4 members (excludes halogenated alkanes) is 1. The highest BCUT2D eigenvalue weighted by molar-refractivity contribution is 7.89. The number of ether oxygens (including phenoxy) is 1. The molecule has 0 bridgehead atoms. The Morgan fingerprint density at radius 3 is 2.26 bits per heavy atom. The summed E-state index contributed by atoms with van der Waals surface area (Å²) in [6.45, 7) is 2.21. The van der Waals surface area contributed by atoms with Gasteiger partial charge in [0.1, 0.15) is 5.75 Å². The van der Waals surface area contributed by atoms with Crippen LogP contribution in [0.2, 0.25) is 0 Å². The average Bonchev–Trinajstić information content (AvgIpc) is 2.27. The molecule has 1 rings (SSSR count). The highest BCUT2D eigenvalue weighted by Crippen LogP contribution is 2.23. The molecule has 0 aliphatic rings. The Morgan fingerprint density at radius 1 is 1.21 bits per heavy atom. The highest BCUT2D eigenvalue weighted by Gasteiger charge is 2.31. The lowest BCUT2D eigenvalue weighted by Crippen LogP contribution is -2.24. The van der Waals surface area contributed by atoms with Crippen LogP contribution in [0.5, 0.6) is 5.75 Å². The quantitative estimate of drug-likeness (QED) is 0.821. The molecule has 8 heteroatoms. The van der Waals surface area contributed by atoms with Crippen LogP contribution in [0.15, 0.2) is 29.2 Å². The van der Waals surface area contributed by atoms with Crippen LogP contribution in [-0.4, -0.2) is 21.3 Å². The molecule has 0 radical (unpaired) electrons. The number of hydrogen-bond donors (Lipinski definition) is 1. The number of halogens is 3. The third-order valence-electron chi connectivity index (χ3n) is 2.19. The van der Waals surface area contributed by atoms with Gasteiger partial charge in [0.05, 0.1) is 4.90 Å². The molecule has 0 unspecified atom stereocenters. The lowest BCUT2D eigenvalue weighted by molar-refractivity contribution is -0.274. The van der Waals surface area contributed by atoms with E-state index in [4.69, 9.17) is 0 Å². The van der Waals surface area contributed by atoms with Gasteiger partial charge in [-0.1, -0.05) is 13.3 Å². The summed E-state index contributed by atoms with van der Waals surface area (Å²) in [7, 11) is -3.68. The van der Waals surface area contributed by atoms with Gasteiger partial charge in [-0.2, -0.15) is 0 Å². The molecule has 19 heavy (non-hydrogen) atoms. The van der Waals surface area contributed by atoms with E-state index in [2.05, 4.69) is 9.46 Å². The summed E-state index contributed by atoms with van der Waals surface area (Å²) in [5, 5.41) is 0. The van der Waals surface area contributed by atoms with Gasteiger partial charge >= 0.3 is 6.36 Å². The smallest absolute Gasteiger partial charge is 0.406 e. The van der Waals surface area contributed by atoms with Gasteiger partial charge in [-0.05, 0) is 30.7 Å². The summed E-state index contributed by atoms with van der Waals surface area (Å²) in [5.41, 5.74) is 0. The van der Waals surface area contributed by atoms with Gasteiger partial charge in [0, 0.05) is 6.54 Å². The van der Waals surface area contributed by atoms with E-state index in [1.165, 1.54) is 0 Å². The number of nitrogens with one attached hydrogen (secondary N) is 1. The number of rotatable bonds is 6. The maximum absolute atomic E-state index is 11.9. The molecule has 0 fully saturated rings. The molecule has 1 aromatic carbocycles. The minimum absolute atomic E-state index is 0.0990. The van der Waals surface area contributed by atoms with Gasteiger partial charge in [-0.15, -0.1) is 13.2 Å². The largest absolute Gasteiger partial charge is 0.573 e. The van der Waals surface area contributed by atoms with Crippen molar-refractivity contribution in [2.24, 2.45) is 0 Å². The lowest BCUT2D eigenvalue weighted by atomic mass is 10.3. The van der Waals surface area contributed by atoms with E-state index >= 15 is 0 Å². The third kappa shape index (κ3) is 5.48. The fourth-order valence-corrected chi connectivity index (χ4v) is 2.36. The summed E-state index contributed by atoms with van der Waals surface area (Å²) in [6, 6.07) is 4.05.